The van der Waals surface area contributed by atoms with E-state index in [1.165, 1.54) is 29.2 Å². The van der Waals surface area contributed by atoms with Crippen LogP contribution in [0.3, 0.4) is 0 Å². The molecule has 0 aliphatic carbocycles. The van der Waals surface area contributed by atoms with Crippen molar-refractivity contribution in [1.82, 2.24) is 4.90 Å². The van der Waals surface area contributed by atoms with Gasteiger partial charge in [-0.05, 0) is 17.7 Å². The monoisotopic (exact) mass is 324 g/mol. The first kappa shape index (κ1) is 14.6. The van der Waals surface area contributed by atoms with Crippen LogP contribution in [0.25, 0.3) is 0 Å². The van der Waals surface area contributed by atoms with E-state index in [4.69, 9.17) is 4.84 Å². The Morgan fingerprint density at radius 2 is 1.71 bits per heavy atom. The average Bonchev–Trinajstić information content (AvgIpc) is 3.13. The van der Waals surface area contributed by atoms with Crippen molar-refractivity contribution < 1.29 is 18.8 Å². The lowest BCUT2D eigenvalue weighted by atomic mass is 9.94. The highest BCUT2D eigenvalue weighted by atomic mass is 19.1. The Kier molecular flexibility index (Phi) is 3.37. The topological polar surface area (TPSA) is 59.0 Å². The fourth-order valence-electron chi connectivity index (χ4n) is 3.01. The molecule has 0 N–H and O–H groups in total. The summed E-state index contributed by atoms with van der Waals surface area (Å²) in [6.07, 6.45) is -0.929. The summed E-state index contributed by atoms with van der Waals surface area (Å²) in [6.45, 7) is 0.200. The van der Waals surface area contributed by atoms with Crippen LogP contribution in [0, 0.1) is 11.7 Å². The molecule has 4 rings (SSSR count). The number of oxime groups is 1. The molecular weight excluding hydrogens is 311 g/mol. The summed E-state index contributed by atoms with van der Waals surface area (Å²) < 4.78 is 13.1. The van der Waals surface area contributed by atoms with Crippen LogP contribution in [-0.2, 0) is 21.0 Å². The molecule has 120 valence electrons. The maximum absolute atomic E-state index is 13.1. The molecule has 0 unspecified atom stereocenters. The van der Waals surface area contributed by atoms with Crippen LogP contribution in [0.5, 0.6) is 0 Å². The zero-order valence-electron chi connectivity index (χ0n) is 12.6. The van der Waals surface area contributed by atoms with Crippen LogP contribution in [-0.4, -0.2) is 28.5 Å². The SMILES string of the molecule is O=C1[C@H]2C(c3ccc(F)cc3)=NO[C@H]2C(=O)N1Cc1ccccc1. The van der Waals surface area contributed by atoms with E-state index < -0.39 is 17.9 Å². The summed E-state index contributed by atoms with van der Waals surface area (Å²) >= 11 is 0. The molecular formula is C18H13FN2O3. The predicted octanol–water partition coefficient (Wildman–Crippen LogP) is 2.11. The molecule has 1 saturated heterocycles. The third kappa shape index (κ3) is 2.27. The van der Waals surface area contributed by atoms with Gasteiger partial charge in [-0.1, -0.05) is 47.6 Å². The summed E-state index contributed by atoms with van der Waals surface area (Å²) in [4.78, 5) is 31.6. The Bertz CT molecular complexity index is 833. The lowest BCUT2D eigenvalue weighted by molar-refractivity contribution is -0.142. The molecule has 24 heavy (non-hydrogen) atoms. The van der Waals surface area contributed by atoms with Gasteiger partial charge in [-0.3, -0.25) is 14.5 Å². The number of imide groups is 1. The second-order valence-corrected chi connectivity index (χ2v) is 5.74. The van der Waals surface area contributed by atoms with Gasteiger partial charge < -0.3 is 4.84 Å². The van der Waals surface area contributed by atoms with Gasteiger partial charge in [0.2, 0.25) is 12.0 Å². The summed E-state index contributed by atoms with van der Waals surface area (Å²) in [5, 5.41) is 3.89. The van der Waals surface area contributed by atoms with Crippen LogP contribution >= 0.6 is 0 Å². The van der Waals surface area contributed by atoms with E-state index >= 15 is 0 Å². The number of benzene rings is 2. The fraction of sp³-hybridized carbons (Fsp3) is 0.167. The lowest BCUT2D eigenvalue weighted by Gasteiger charge is -2.15. The second-order valence-electron chi connectivity index (χ2n) is 5.74. The Morgan fingerprint density at radius 1 is 1.00 bits per heavy atom. The van der Waals surface area contributed by atoms with E-state index in [0.717, 1.165) is 5.56 Å². The minimum absolute atomic E-state index is 0.200. The normalized spacial score (nSPS) is 22.4. The first-order chi connectivity index (χ1) is 11.6. The molecule has 2 aliphatic heterocycles. The van der Waals surface area contributed by atoms with Crippen molar-refractivity contribution in [1.29, 1.82) is 0 Å². The number of fused-ring (bicyclic) bond motifs is 1. The molecule has 6 heteroatoms. The van der Waals surface area contributed by atoms with E-state index in [1.807, 2.05) is 30.3 Å². The number of carbonyl (C=O) groups is 2. The molecule has 1 fully saturated rings. The molecule has 0 radical (unpaired) electrons. The number of carbonyl (C=O) groups excluding carboxylic acids is 2. The molecule has 2 atom stereocenters. The lowest BCUT2D eigenvalue weighted by Crippen LogP contribution is -2.32. The van der Waals surface area contributed by atoms with E-state index in [0.29, 0.717) is 11.3 Å². The standard InChI is InChI=1S/C18H13FN2O3/c19-13-8-6-12(7-9-13)15-14-16(24-20-15)18(23)21(17(14)22)10-11-4-2-1-3-5-11/h1-9,14,16H,10H2/t14-,16+/m0/s1. The molecule has 0 bridgehead atoms. The fourth-order valence-corrected chi connectivity index (χ4v) is 3.01. The van der Waals surface area contributed by atoms with Gasteiger partial charge in [0, 0.05) is 5.56 Å². The van der Waals surface area contributed by atoms with Gasteiger partial charge in [0.25, 0.3) is 5.91 Å². The molecule has 0 saturated carbocycles. The Morgan fingerprint density at radius 3 is 2.42 bits per heavy atom. The summed E-state index contributed by atoms with van der Waals surface area (Å²) in [5.41, 5.74) is 1.81. The van der Waals surface area contributed by atoms with Crippen LogP contribution in [0.4, 0.5) is 4.39 Å². The first-order valence-electron chi connectivity index (χ1n) is 7.54. The van der Waals surface area contributed by atoms with Gasteiger partial charge in [-0.15, -0.1) is 0 Å². The van der Waals surface area contributed by atoms with Crippen molar-refractivity contribution in [3.05, 3.63) is 71.5 Å². The van der Waals surface area contributed by atoms with Crippen LogP contribution in [0.1, 0.15) is 11.1 Å². The van der Waals surface area contributed by atoms with Gasteiger partial charge in [0.05, 0.1) is 6.54 Å². The van der Waals surface area contributed by atoms with Crippen LogP contribution in [0.15, 0.2) is 59.8 Å². The van der Waals surface area contributed by atoms with Gasteiger partial charge in [0.15, 0.2) is 0 Å². The highest BCUT2D eigenvalue weighted by Gasteiger charge is 2.55. The largest absolute Gasteiger partial charge is 0.381 e. The maximum atomic E-state index is 13.1. The van der Waals surface area contributed by atoms with E-state index in [2.05, 4.69) is 5.16 Å². The van der Waals surface area contributed by atoms with Crippen molar-refractivity contribution >= 4 is 17.5 Å². The number of rotatable bonds is 3. The molecule has 2 aromatic rings. The highest BCUT2D eigenvalue weighted by molar-refractivity contribution is 6.23. The molecule has 2 amide bonds. The third-order valence-electron chi connectivity index (χ3n) is 4.23. The minimum atomic E-state index is -0.929. The number of hydrogen-bond acceptors (Lipinski definition) is 4. The van der Waals surface area contributed by atoms with Gasteiger partial charge in [-0.2, -0.15) is 0 Å². The van der Waals surface area contributed by atoms with Crippen molar-refractivity contribution in [3.8, 4) is 0 Å². The highest BCUT2D eigenvalue weighted by Crippen LogP contribution is 2.33. The molecule has 5 nitrogen and oxygen atoms in total. The summed E-state index contributed by atoms with van der Waals surface area (Å²) in [6, 6.07) is 14.9. The first-order valence-corrected chi connectivity index (χ1v) is 7.54. The molecule has 0 spiro atoms. The summed E-state index contributed by atoms with van der Waals surface area (Å²) in [7, 11) is 0. The van der Waals surface area contributed by atoms with E-state index in [9.17, 15) is 14.0 Å². The van der Waals surface area contributed by atoms with Crippen LogP contribution in [0.2, 0.25) is 0 Å². The Balaban J connectivity index is 1.61. The second kappa shape index (κ2) is 5.56. The Hall–Kier alpha value is -3.02. The third-order valence-corrected chi connectivity index (χ3v) is 4.23. The smallest absolute Gasteiger partial charge is 0.274 e. The average molecular weight is 324 g/mol. The molecule has 2 heterocycles. The predicted molar refractivity (Wildman–Crippen MR) is 83.3 cm³/mol. The quantitative estimate of drug-likeness (QED) is 0.813. The van der Waals surface area contributed by atoms with Crippen molar-refractivity contribution in [3.63, 3.8) is 0 Å². The number of halogens is 1. The van der Waals surface area contributed by atoms with Crippen molar-refractivity contribution in [2.24, 2.45) is 11.1 Å². The van der Waals surface area contributed by atoms with E-state index in [-0.39, 0.29) is 18.3 Å². The van der Waals surface area contributed by atoms with Gasteiger partial charge in [-0.25, -0.2) is 4.39 Å². The maximum Gasteiger partial charge on any atom is 0.274 e. The Labute approximate surface area is 137 Å². The number of hydrogen-bond donors (Lipinski definition) is 0. The zero-order valence-corrected chi connectivity index (χ0v) is 12.6. The van der Waals surface area contributed by atoms with Crippen molar-refractivity contribution in [2.45, 2.75) is 12.6 Å². The van der Waals surface area contributed by atoms with Gasteiger partial charge in [0.1, 0.15) is 17.4 Å². The van der Waals surface area contributed by atoms with Gasteiger partial charge >= 0.3 is 0 Å². The molecule has 0 aromatic heterocycles. The minimum Gasteiger partial charge on any atom is -0.381 e. The number of likely N-dealkylation sites (tertiary alicyclic amines) is 1. The molecule has 2 aliphatic rings. The molecule has 2 aromatic carbocycles. The number of amides is 2. The summed E-state index contributed by atoms with van der Waals surface area (Å²) in [5.74, 6) is -1.88. The zero-order chi connectivity index (χ0) is 16.7. The van der Waals surface area contributed by atoms with E-state index in [1.54, 1.807) is 0 Å². The number of nitrogens with zero attached hydrogens (tertiary/aromatic N) is 2. The van der Waals surface area contributed by atoms with Crippen LogP contribution < -0.4 is 0 Å². The van der Waals surface area contributed by atoms with Crippen molar-refractivity contribution in [2.75, 3.05) is 0 Å².